The second-order valence-electron chi connectivity index (χ2n) is 2.91. The molecule has 17 heavy (non-hydrogen) atoms. The van der Waals surface area contributed by atoms with Crippen LogP contribution in [0, 0.1) is 0 Å². The molecule has 0 aliphatic heterocycles. The maximum absolute atomic E-state index is 12.0. The number of carboxylic acid groups (broad SMARTS) is 1. The highest BCUT2D eigenvalue weighted by molar-refractivity contribution is 5.86. The van der Waals surface area contributed by atoms with E-state index in [0.717, 1.165) is 24.3 Å². The number of hydrogen-bond donors (Lipinski definition) is 2. The molecule has 0 aromatic heterocycles. The molecule has 0 heterocycles. The molecule has 0 fully saturated rings. The van der Waals surface area contributed by atoms with Crippen molar-refractivity contribution in [3.05, 3.63) is 29.8 Å². The largest absolute Gasteiger partial charge is 0.573 e. The average molecular weight is 248 g/mol. The van der Waals surface area contributed by atoms with E-state index in [1.54, 1.807) is 0 Å². The lowest BCUT2D eigenvalue weighted by atomic mass is 10.1. The number of alkyl halides is 3. The van der Waals surface area contributed by atoms with Crippen molar-refractivity contribution in [1.82, 2.24) is 0 Å². The predicted octanol–water partition coefficient (Wildman–Crippen LogP) is 2.39. The maximum atomic E-state index is 12.0. The summed E-state index contributed by atoms with van der Waals surface area (Å²) in [4.78, 5) is 10.2. The number of carboxylic acids is 1. The van der Waals surface area contributed by atoms with Crippen LogP contribution in [0.2, 0.25) is 0 Å². The van der Waals surface area contributed by atoms with E-state index in [0.29, 0.717) is 6.08 Å². The number of phenols is 1. The minimum Gasteiger partial charge on any atom is -0.507 e. The number of hydrogen-bond acceptors (Lipinski definition) is 3. The molecule has 1 rings (SSSR count). The van der Waals surface area contributed by atoms with Crippen molar-refractivity contribution >= 4 is 12.0 Å². The van der Waals surface area contributed by atoms with Crippen molar-refractivity contribution in [3.63, 3.8) is 0 Å². The Bertz CT molecular complexity index is 451. The topological polar surface area (TPSA) is 66.8 Å². The lowest BCUT2D eigenvalue weighted by Crippen LogP contribution is -2.17. The van der Waals surface area contributed by atoms with Crippen LogP contribution in [-0.2, 0) is 4.79 Å². The van der Waals surface area contributed by atoms with E-state index in [9.17, 15) is 23.1 Å². The Kier molecular flexibility index (Phi) is 3.62. The molecule has 92 valence electrons. The molecular weight excluding hydrogens is 241 g/mol. The smallest absolute Gasteiger partial charge is 0.507 e. The molecule has 0 radical (unpaired) electrons. The van der Waals surface area contributed by atoms with Gasteiger partial charge in [-0.05, 0) is 18.2 Å². The molecule has 7 heteroatoms. The van der Waals surface area contributed by atoms with Gasteiger partial charge < -0.3 is 14.9 Å². The number of aliphatic carboxylic acids is 1. The van der Waals surface area contributed by atoms with Crippen LogP contribution in [0.3, 0.4) is 0 Å². The molecule has 1 aromatic rings. The third-order valence-electron chi connectivity index (χ3n) is 1.66. The second kappa shape index (κ2) is 4.77. The Morgan fingerprint density at radius 2 is 2.00 bits per heavy atom. The molecule has 0 spiro atoms. The SMILES string of the molecule is O=C(O)/C=C/c1c(O)cccc1OC(F)(F)F. The Morgan fingerprint density at radius 1 is 1.35 bits per heavy atom. The van der Waals surface area contributed by atoms with E-state index >= 15 is 0 Å². The fraction of sp³-hybridized carbons (Fsp3) is 0.100. The summed E-state index contributed by atoms with van der Waals surface area (Å²) >= 11 is 0. The molecule has 0 unspecified atom stereocenters. The van der Waals surface area contributed by atoms with Crippen molar-refractivity contribution in [3.8, 4) is 11.5 Å². The van der Waals surface area contributed by atoms with Crippen LogP contribution in [0.4, 0.5) is 13.2 Å². The van der Waals surface area contributed by atoms with E-state index in [1.807, 2.05) is 0 Å². The number of halogens is 3. The lowest BCUT2D eigenvalue weighted by molar-refractivity contribution is -0.274. The van der Waals surface area contributed by atoms with Gasteiger partial charge in [-0.2, -0.15) is 0 Å². The third-order valence-corrected chi connectivity index (χ3v) is 1.66. The fourth-order valence-electron chi connectivity index (χ4n) is 1.07. The zero-order valence-corrected chi connectivity index (χ0v) is 8.23. The van der Waals surface area contributed by atoms with Crippen LogP contribution in [0.15, 0.2) is 24.3 Å². The standard InChI is InChI=1S/C10H7F3O4/c11-10(12,13)17-8-3-1-2-7(14)6(8)4-5-9(15)16/h1-5,14H,(H,15,16)/b5-4+. The minimum atomic E-state index is -4.92. The molecule has 2 N–H and O–H groups in total. The number of phenolic OH excluding ortho intramolecular Hbond substituents is 1. The first kappa shape index (κ1) is 12.9. The number of rotatable bonds is 3. The number of benzene rings is 1. The molecule has 0 saturated carbocycles. The van der Waals surface area contributed by atoms with Gasteiger partial charge in [0.1, 0.15) is 11.5 Å². The summed E-state index contributed by atoms with van der Waals surface area (Å²) in [6.07, 6.45) is -3.50. The van der Waals surface area contributed by atoms with Gasteiger partial charge in [-0.15, -0.1) is 13.2 Å². The molecule has 0 atom stereocenters. The summed E-state index contributed by atoms with van der Waals surface area (Å²) in [7, 11) is 0. The molecule has 1 aromatic carbocycles. The first-order chi connectivity index (χ1) is 7.79. The van der Waals surface area contributed by atoms with Gasteiger partial charge in [-0.1, -0.05) is 6.07 Å². The van der Waals surface area contributed by atoms with E-state index < -0.39 is 23.8 Å². The van der Waals surface area contributed by atoms with E-state index in [1.165, 1.54) is 0 Å². The molecule has 0 aliphatic rings. The third kappa shape index (κ3) is 4.06. The first-order valence-electron chi connectivity index (χ1n) is 4.28. The molecule has 0 amide bonds. The van der Waals surface area contributed by atoms with Gasteiger partial charge in [-0.25, -0.2) is 4.79 Å². The van der Waals surface area contributed by atoms with Crippen LogP contribution in [0.5, 0.6) is 11.5 Å². The molecule has 0 saturated heterocycles. The Labute approximate surface area is 93.6 Å². The van der Waals surface area contributed by atoms with Crippen molar-refractivity contribution in [2.24, 2.45) is 0 Å². The summed E-state index contributed by atoms with van der Waals surface area (Å²) < 4.78 is 39.7. The van der Waals surface area contributed by atoms with E-state index in [-0.39, 0.29) is 5.56 Å². The van der Waals surface area contributed by atoms with E-state index in [2.05, 4.69) is 4.74 Å². The zero-order valence-electron chi connectivity index (χ0n) is 8.23. The average Bonchev–Trinajstić information content (AvgIpc) is 2.13. The summed E-state index contributed by atoms with van der Waals surface area (Å²) in [6.45, 7) is 0. The first-order valence-corrected chi connectivity index (χ1v) is 4.28. The lowest BCUT2D eigenvalue weighted by Gasteiger charge is -2.11. The highest BCUT2D eigenvalue weighted by Crippen LogP contribution is 2.32. The number of ether oxygens (including phenoxy) is 1. The predicted molar refractivity (Wildman–Crippen MR) is 51.5 cm³/mol. The molecule has 0 aliphatic carbocycles. The zero-order chi connectivity index (χ0) is 13.1. The Balaban J connectivity index is 3.13. The second-order valence-corrected chi connectivity index (χ2v) is 2.91. The van der Waals surface area contributed by atoms with Crippen LogP contribution in [-0.4, -0.2) is 22.5 Å². The van der Waals surface area contributed by atoms with Gasteiger partial charge in [0.25, 0.3) is 0 Å². The van der Waals surface area contributed by atoms with Crippen molar-refractivity contribution in [1.29, 1.82) is 0 Å². The van der Waals surface area contributed by atoms with Crippen LogP contribution < -0.4 is 4.74 Å². The number of aromatic hydroxyl groups is 1. The van der Waals surface area contributed by atoms with Gasteiger partial charge in [0.15, 0.2) is 0 Å². The van der Waals surface area contributed by atoms with Gasteiger partial charge >= 0.3 is 12.3 Å². The van der Waals surface area contributed by atoms with Crippen molar-refractivity contribution in [2.45, 2.75) is 6.36 Å². The van der Waals surface area contributed by atoms with Crippen LogP contribution >= 0.6 is 0 Å². The Hall–Kier alpha value is -2.18. The van der Waals surface area contributed by atoms with Gasteiger partial charge in [-0.3, -0.25) is 0 Å². The van der Waals surface area contributed by atoms with Crippen LogP contribution in [0.25, 0.3) is 6.08 Å². The number of carbonyl (C=O) groups is 1. The maximum Gasteiger partial charge on any atom is 0.573 e. The van der Waals surface area contributed by atoms with Gasteiger partial charge in [0, 0.05) is 6.08 Å². The Morgan fingerprint density at radius 3 is 2.53 bits per heavy atom. The van der Waals surface area contributed by atoms with E-state index in [4.69, 9.17) is 5.11 Å². The summed E-state index contributed by atoms with van der Waals surface area (Å²) in [5.74, 6) is -2.54. The minimum absolute atomic E-state index is 0.354. The highest BCUT2D eigenvalue weighted by Gasteiger charge is 2.32. The molecule has 0 bridgehead atoms. The quantitative estimate of drug-likeness (QED) is 0.806. The van der Waals surface area contributed by atoms with Gasteiger partial charge in [0.2, 0.25) is 0 Å². The highest BCUT2D eigenvalue weighted by atomic mass is 19.4. The molecular formula is C10H7F3O4. The van der Waals surface area contributed by atoms with Crippen molar-refractivity contribution < 1.29 is 32.9 Å². The van der Waals surface area contributed by atoms with Crippen molar-refractivity contribution in [2.75, 3.05) is 0 Å². The summed E-state index contributed by atoms with van der Waals surface area (Å²) in [6, 6.07) is 3.23. The fourth-order valence-corrected chi connectivity index (χ4v) is 1.07. The molecule has 4 nitrogen and oxygen atoms in total. The normalized spacial score (nSPS) is 11.7. The monoisotopic (exact) mass is 248 g/mol. The van der Waals surface area contributed by atoms with Crippen LogP contribution in [0.1, 0.15) is 5.56 Å². The summed E-state index contributed by atoms with van der Waals surface area (Å²) in [5, 5.41) is 17.7. The van der Waals surface area contributed by atoms with Gasteiger partial charge in [0.05, 0.1) is 5.56 Å². The summed E-state index contributed by atoms with van der Waals surface area (Å²) in [5.41, 5.74) is -0.354.